The Labute approximate surface area is 149 Å². The molecule has 2 saturated heterocycles. The fraction of sp³-hybridized carbons (Fsp3) is 0.625. The van der Waals surface area contributed by atoms with Crippen molar-refractivity contribution in [3.63, 3.8) is 0 Å². The van der Waals surface area contributed by atoms with Crippen molar-refractivity contribution < 1.29 is 8.42 Å². The summed E-state index contributed by atoms with van der Waals surface area (Å²) in [6, 6.07) is 6.21. The summed E-state index contributed by atoms with van der Waals surface area (Å²) in [6.07, 6.45) is 5.86. The van der Waals surface area contributed by atoms with Crippen molar-refractivity contribution in [2.75, 3.05) is 0 Å². The van der Waals surface area contributed by atoms with Crippen LogP contribution in [0.3, 0.4) is 0 Å². The predicted molar refractivity (Wildman–Crippen MR) is 96.0 cm³/mol. The van der Waals surface area contributed by atoms with E-state index in [1.54, 1.807) is 12.1 Å². The standard InChI is InChI=1S/C16H23ClN2O2S.ClH/c1-2-3-11-4-7-15(17)16(8-11)22(20,21)19-14-9-12-5-6-13(10-14)18-12;/h4,7-8,12-14,18-19H,2-3,5-6,9-10H2,1H3;1H. The minimum absolute atomic E-state index is 0. The van der Waals surface area contributed by atoms with Crippen molar-refractivity contribution in [2.45, 2.75) is 68.5 Å². The molecule has 0 spiro atoms. The summed E-state index contributed by atoms with van der Waals surface area (Å²) in [6.45, 7) is 2.08. The average molecular weight is 379 g/mol. The largest absolute Gasteiger partial charge is 0.311 e. The molecule has 0 amide bonds. The smallest absolute Gasteiger partial charge is 0.242 e. The number of sulfonamides is 1. The average Bonchev–Trinajstić information content (AvgIpc) is 2.80. The van der Waals surface area contributed by atoms with Crippen LogP contribution in [0.25, 0.3) is 0 Å². The topological polar surface area (TPSA) is 58.2 Å². The summed E-state index contributed by atoms with van der Waals surface area (Å²) in [7, 11) is -3.56. The van der Waals surface area contributed by atoms with Crippen LogP contribution in [0.2, 0.25) is 5.02 Å². The van der Waals surface area contributed by atoms with Gasteiger partial charge in [-0.3, -0.25) is 0 Å². The zero-order chi connectivity index (χ0) is 15.7. The van der Waals surface area contributed by atoms with Gasteiger partial charge in [-0.25, -0.2) is 13.1 Å². The van der Waals surface area contributed by atoms with E-state index in [2.05, 4.69) is 17.0 Å². The van der Waals surface area contributed by atoms with Crippen molar-refractivity contribution in [3.05, 3.63) is 28.8 Å². The van der Waals surface area contributed by atoms with Crippen molar-refractivity contribution in [1.82, 2.24) is 10.0 Å². The number of hydrogen-bond donors (Lipinski definition) is 2. The molecule has 2 aliphatic heterocycles. The van der Waals surface area contributed by atoms with E-state index < -0.39 is 10.0 Å². The van der Waals surface area contributed by atoms with Crippen LogP contribution in [0.15, 0.2) is 23.1 Å². The zero-order valence-electron chi connectivity index (χ0n) is 13.2. The van der Waals surface area contributed by atoms with Crippen LogP contribution in [-0.2, 0) is 16.4 Å². The highest BCUT2D eigenvalue weighted by molar-refractivity contribution is 7.89. The van der Waals surface area contributed by atoms with Crippen LogP contribution in [0, 0.1) is 0 Å². The van der Waals surface area contributed by atoms with Crippen LogP contribution < -0.4 is 10.0 Å². The van der Waals surface area contributed by atoms with Gasteiger partial charge in [0.25, 0.3) is 0 Å². The highest BCUT2D eigenvalue weighted by Crippen LogP contribution is 2.29. The van der Waals surface area contributed by atoms with Gasteiger partial charge in [0, 0.05) is 18.1 Å². The second-order valence-corrected chi connectivity index (χ2v) is 8.53. The molecule has 2 atom stereocenters. The fourth-order valence-corrected chi connectivity index (χ4v) is 5.45. The van der Waals surface area contributed by atoms with Gasteiger partial charge in [-0.05, 0) is 49.8 Å². The molecule has 7 heteroatoms. The van der Waals surface area contributed by atoms with Gasteiger partial charge in [-0.1, -0.05) is 31.0 Å². The van der Waals surface area contributed by atoms with Gasteiger partial charge in [-0.15, -0.1) is 12.4 Å². The minimum Gasteiger partial charge on any atom is -0.311 e. The summed E-state index contributed by atoms with van der Waals surface area (Å²) in [5.74, 6) is 0. The molecule has 4 nitrogen and oxygen atoms in total. The Morgan fingerprint density at radius 3 is 2.52 bits per heavy atom. The van der Waals surface area contributed by atoms with Gasteiger partial charge in [0.15, 0.2) is 0 Å². The maximum Gasteiger partial charge on any atom is 0.242 e. The monoisotopic (exact) mass is 378 g/mol. The molecule has 23 heavy (non-hydrogen) atoms. The normalized spacial score (nSPS) is 26.8. The molecule has 0 aliphatic carbocycles. The number of piperidine rings is 1. The second kappa shape index (κ2) is 7.70. The second-order valence-electron chi connectivity index (χ2n) is 6.44. The molecule has 2 aliphatic rings. The van der Waals surface area contributed by atoms with E-state index in [0.717, 1.165) is 44.1 Å². The number of nitrogens with one attached hydrogen (secondary N) is 2. The Morgan fingerprint density at radius 2 is 1.91 bits per heavy atom. The Morgan fingerprint density at radius 1 is 1.26 bits per heavy atom. The summed E-state index contributed by atoms with van der Waals surface area (Å²) in [5, 5.41) is 3.82. The fourth-order valence-electron chi connectivity index (χ4n) is 3.63. The SMILES string of the molecule is CCCc1ccc(Cl)c(S(=O)(=O)NC2CC3CCC(C2)N3)c1.Cl. The summed E-state index contributed by atoms with van der Waals surface area (Å²) >= 11 is 6.14. The first kappa shape index (κ1) is 19.0. The first-order valence-corrected chi connectivity index (χ1v) is 9.91. The van der Waals surface area contributed by atoms with E-state index in [4.69, 9.17) is 11.6 Å². The zero-order valence-corrected chi connectivity index (χ0v) is 15.6. The minimum atomic E-state index is -3.56. The van der Waals surface area contributed by atoms with E-state index >= 15 is 0 Å². The van der Waals surface area contributed by atoms with Crippen LogP contribution in [0.5, 0.6) is 0 Å². The predicted octanol–water partition coefficient (Wildman–Crippen LogP) is 3.28. The van der Waals surface area contributed by atoms with E-state index in [-0.39, 0.29) is 23.3 Å². The molecular formula is C16H24Cl2N2O2S. The Kier molecular flexibility index (Phi) is 6.36. The maximum absolute atomic E-state index is 12.7. The molecule has 0 aromatic heterocycles. The van der Waals surface area contributed by atoms with E-state index in [9.17, 15) is 8.42 Å². The molecule has 130 valence electrons. The summed E-state index contributed by atoms with van der Waals surface area (Å²) < 4.78 is 28.3. The van der Waals surface area contributed by atoms with Crippen LogP contribution in [0.1, 0.15) is 44.6 Å². The lowest BCUT2D eigenvalue weighted by Crippen LogP contribution is -2.47. The highest BCUT2D eigenvalue weighted by atomic mass is 35.5. The van der Waals surface area contributed by atoms with E-state index in [1.807, 2.05) is 6.07 Å². The van der Waals surface area contributed by atoms with Gasteiger partial charge in [-0.2, -0.15) is 0 Å². The molecule has 2 unspecified atom stereocenters. The third-order valence-corrected chi connectivity index (χ3v) is 6.62. The number of halogens is 2. The lowest BCUT2D eigenvalue weighted by Gasteiger charge is -2.29. The molecule has 2 fully saturated rings. The Hall–Kier alpha value is -0.330. The molecule has 1 aromatic rings. The maximum atomic E-state index is 12.7. The number of aryl methyl sites for hydroxylation is 1. The van der Waals surface area contributed by atoms with E-state index in [1.165, 1.54) is 0 Å². The molecule has 0 radical (unpaired) electrons. The van der Waals surface area contributed by atoms with Gasteiger partial charge >= 0.3 is 0 Å². The Bertz CT molecular complexity index is 639. The molecule has 3 rings (SSSR count). The van der Waals surface area contributed by atoms with Gasteiger partial charge in [0.05, 0.1) is 5.02 Å². The van der Waals surface area contributed by atoms with Crippen LogP contribution >= 0.6 is 24.0 Å². The lowest BCUT2D eigenvalue weighted by molar-refractivity contribution is 0.345. The molecule has 2 N–H and O–H groups in total. The quantitative estimate of drug-likeness (QED) is 0.826. The third kappa shape index (κ3) is 4.40. The van der Waals surface area contributed by atoms with E-state index in [0.29, 0.717) is 17.1 Å². The molecule has 1 aromatic carbocycles. The molecular weight excluding hydrogens is 355 g/mol. The first-order chi connectivity index (χ1) is 10.5. The highest BCUT2D eigenvalue weighted by Gasteiger charge is 2.35. The van der Waals surface area contributed by atoms with Crippen molar-refractivity contribution in [1.29, 1.82) is 0 Å². The number of benzene rings is 1. The lowest BCUT2D eigenvalue weighted by atomic mass is 10.0. The first-order valence-electron chi connectivity index (χ1n) is 8.04. The van der Waals surface area contributed by atoms with Crippen molar-refractivity contribution in [3.8, 4) is 0 Å². The summed E-state index contributed by atoms with van der Waals surface area (Å²) in [5.41, 5.74) is 1.01. The summed E-state index contributed by atoms with van der Waals surface area (Å²) in [4.78, 5) is 0.214. The Balaban J connectivity index is 0.00000192. The van der Waals surface area contributed by atoms with Crippen molar-refractivity contribution >= 4 is 34.0 Å². The number of rotatable bonds is 5. The van der Waals surface area contributed by atoms with Crippen molar-refractivity contribution in [2.24, 2.45) is 0 Å². The van der Waals surface area contributed by atoms with Crippen LogP contribution in [0.4, 0.5) is 0 Å². The third-order valence-electron chi connectivity index (χ3n) is 4.62. The van der Waals surface area contributed by atoms with Crippen LogP contribution in [-0.4, -0.2) is 26.5 Å². The van der Waals surface area contributed by atoms with Gasteiger partial charge in [0.1, 0.15) is 4.90 Å². The number of hydrogen-bond acceptors (Lipinski definition) is 3. The van der Waals surface area contributed by atoms with Gasteiger partial charge < -0.3 is 5.32 Å². The molecule has 2 bridgehead atoms. The number of fused-ring (bicyclic) bond motifs is 2. The van der Waals surface area contributed by atoms with Gasteiger partial charge in [0.2, 0.25) is 10.0 Å². The molecule has 0 saturated carbocycles. The molecule has 2 heterocycles.